The molecule has 108 valence electrons. The van der Waals surface area contributed by atoms with Gasteiger partial charge in [-0.15, -0.1) is 12.4 Å². The van der Waals surface area contributed by atoms with E-state index in [1.807, 2.05) is 0 Å². The molecular weight excluding hydrogens is 260 g/mol. The van der Waals surface area contributed by atoms with Crippen LogP contribution in [0.3, 0.4) is 0 Å². The monoisotopic (exact) mass is 284 g/mol. The molecular formula is C15H25ClN2O. The highest BCUT2D eigenvalue weighted by molar-refractivity contribution is 5.85. The summed E-state index contributed by atoms with van der Waals surface area (Å²) in [5.74, 6) is 0.957. The van der Waals surface area contributed by atoms with E-state index in [2.05, 4.69) is 55.4 Å². The Labute approximate surface area is 122 Å². The summed E-state index contributed by atoms with van der Waals surface area (Å²) in [7, 11) is 2.20. The second-order valence-corrected chi connectivity index (χ2v) is 5.37. The van der Waals surface area contributed by atoms with Gasteiger partial charge < -0.3 is 10.1 Å². The minimum atomic E-state index is 0. The molecule has 0 aromatic heterocycles. The number of nitrogens with zero attached hydrogens (tertiary/aromatic N) is 1. The van der Waals surface area contributed by atoms with E-state index in [9.17, 15) is 0 Å². The van der Waals surface area contributed by atoms with E-state index in [0.717, 1.165) is 25.4 Å². The van der Waals surface area contributed by atoms with Crippen molar-refractivity contribution in [2.24, 2.45) is 0 Å². The van der Waals surface area contributed by atoms with Crippen LogP contribution in [-0.2, 0) is 6.54 Å². The number of nitrogens with one attached hydrogen (secondary N) is 1. The van der Waals surface area contributed by atoms with Crippen molar-refractivity contribution in [1.82, 2.24) is 10.2 Å². The fraction of sp³-hybridized carbons (Fsp3) is 0.600. The zero-order valence-corrected chi connectivity index (χ0v) is 12.9. The van der Waals surface area contributed by atoms with Crippen LogP contribution in [0.5, 0.6) is 5.75 Å². The first-order valence-corrected chi connectivity index (χ1v) is 6.81. The highest BCUT2D eigenvalue weighted by Crippen LogP contribution is 2.16. The Balaban J connectivity index is 0.00000180. The van der Waals surface area contributed by atoms with E-state index >= 15 is 0 Å². The van der Waals surface area contributed by atoms with Gasteiger partial charge >= 0.3 is 0 Å². The molecule has 1 saturated heterocycles. The number of hydrogen-bond donors (Lipinski definition) is 1. The number of benzene rings is 1. The minimum absolute atomic E-state index is 0. The molecule has 1 atom stereocenters. The van der Waals surface area contributed by atoms with Crippen LogP contribution in [0.4, 0.5) is 0 Å². The van der Waals surface area contributed by atoms with E-state index in [0.29, 0.717) is 6.04 Å². The summed E-state index contributed by atoms with van der Waals surface area (Å²) < 4.78 is 5.65. The van der Waals surface area contributed by atoms with Gasteiger partial charge in [-0.1, -0.05) is 12.1 Å². The molecule has 1 unspecified atom stereocenters. The summed E-state index contributed by atoms with van der Waals surface area (Å²) in [5.41, 5.74) is 1.35. The summed E-state index contributed by atoms with van der Waals surface area (Å²) in [6.07, 6.45) is 1.49. The van der Waals surface area contributed by atoms with Crippen LogP contribution >= 0.6 is 12.4 Å². The first-order chi connectivity index (χ1) is 8.65. The normalized spacial score (nSPS) is 18.7. The van der Waals surface area contributed by atoms with Crippen LogP contribution in [0.2, 0.25) is 0 Å². The number of ether oxygens (including phenoxy) is 1. The number of halogens is 1. The van der Waals surface area contributed by atoms with Crippen LogP contribution in [0.1, 0.15) is 25.8 Å². The van der Waals surface area contributed by atoms with Crippen LogP contribution in [0, 0.1) is 0 Å². The predicted octanol–water partition coefficient (Wildman–Crippen LogP) is 2.69. The fourth-order valence-electron chi connectivity index (χ4n) is 2.38. The summed E-state index contributed by atoms with van der Waals surface area (Å²) >= 11 is 0. The topological polar surface area (TPSA) is 24.5 Å². The number of rotatable bonds is 5. The Morgan fingerprint density at radius 1 is 1.32 bits per heavy atom. The molecule has 4 heteroatoms. The lowest BCUT2D eigenvalue weighted by Gasteiger charge is -2.23. The van der Waals surface area contributed by atoms with Gasteiger partial charge in [0.15, 0.2) is 0 Å². The van der Waals surface area contributed by atoms with E-state index in [-0.39, 0.29) is 18.5 Å². The minimum Gasteiger partial charge on any atom is -0.491 e. The third-order valence-electron chi connectivity index (χ3n) is 3.38. The smallest absolute Gasteiger partial charge is 0.119 e. The maximum absolute atomic E-state index is 5.65. The van der Waals surface area contributed by atoms with Gasteiger partial charge in [-0.05, 0) is 51.6 Å². The molecule has 1 heterocycles. The molecule has 0 aliphatic carbocycles. The first-order valence-electron chi connectivity index (χ1n) is 6.81. The van der Waals surface area contributed by atoms with Gasteiger partial charge in [0, 0.05) is 19.1 Å². The second kappa shape index (κ2) is 7.73. The fourth-order valence-corrected chi connectivity index (χ4v) is 2.38. The number of hydrogen-bond acceptors (Lipinski definition) is 3. The van der Waals surface area contributed by atoms with Gasteiger partial charge in [-0.2, -0.15) is 0 Å². The van der Waals surface area contributed by atoms with Gasteiger partial charge in [0.2, 0.25) is 0 Å². The van der Waals surface area contributed by atoms with Crippen molar-refractivity contribution >= 4 is 12.4 Å². The molecule has 2 rings (SSSR count). The Morgan fingerprint density at radius 2 is 2.00 bits per heavy atom. The van der Waals surface area contributed by atoms with E-state index in [4.69, 9.17) is 4.74 Å². The standard InChI is InChI=1S/C15H24N2O.ClH/c1-12(2)18-15-6-4-13(5-7-15)11-17(3)14-8-9-16-10-14;/h4-7,12,14,16H,8-11H2,1-3H3;1H. The van der Waals surface area contributed by atoms with Crippen molar-refractivity contribution in [2.75, 3.05) is 20.1 Å². The predicted molar refractivity (Wildman–Crippen MR) is 82.2 cm³/mol. The molecule has 1 aliphatic heterocycles. The SMILES string of the molecule is CC(C)Oc1ccc(CN(C)C2CCNC2)cc1.Cl. The average molecular weight is 285 g/mol. The van der Waals surface area contributed by atoms with Crippen LogP contribution in [-0.4, -0.2) is 37.2 Å². The maximum Gasteiger partial charge on any atom is 0.119 e. The van der Waals surface area contributed by atoms with E-state index in [1.165, 1.54) is 12.0 Å². The first kappa shape index (κ1) is 16.3. The van der Waals surface area contributed by atoms with Crippen molar-refractivity contribution in [3.63, 3.8) is 0 Å². The van der Waals surface area contributed by atoms with Crippen LogP contribution in [0.15, 0.2) is 24.3 Å². The van der Waals surface area contributed by atoms with Gasteiger partial charge in [0.1, 0.15) is 5.75 Å². The van der Waals surface area contributed by atoms with Gasteiger partial charge in [-0.3, -0.25) is 4.90 Å². The second-order valence-electron chi connectivity index (χ2n) is 5.37. The van der Waals surface area contributed by atoms with Crippen LogP contribution in [0.25, 0.3) is 0 Å². The maximum atomic E-state index is 5.65. The third-order valence-corrected chi connectivity index (χ3v) is 3.38. The van der Waals surface area contributed by atoms with E-state index < -0.39 is 0 Å². The molecule has 1 fully saturated rings. The van der Waals surface area contributed by atoms with Crippen molar-refractivity contribution < 1.29 is 4.74 Å². The Morgan fingerprint density at radius 3 is 2.53 bits per heavy atom. The van der Waals surface area contributed by atoms with Crippen molar-refractivity contribution in [3.05, 3.63) is 29.8 Å². The highest BCUT2D eigenvalue weighted by atomic mass is 35.5. The largest absolute Gasteiger partial charge is 0.491 e. The molecule has 1 aliphatic rings. The average Bonchev–Trinajstić information content (AvgIpc) is 2.84. The van der Waals surface area contributed by atoms with Crippen molar-refractivity contribution in [2.45, 2.75) is 39.0 Å². The Bertz CT molecular complexity index is 361. The third kappa shape index (κ3) is 5.01. The Kier molecular flexibility index (Phi) is 6.63. The molecule has 0 saturated carbocycles. The van der Waals surface area contributed by atoms with E-state index in [1.54, 1.807) is 0 Å². The molecule has 0 amide bonds. The summed E-state index contributed by atoms with van der Waals surface area (Å²) in [6.45, 7) is 7.37. The summed E-state index contributed by atoms with van der Waals surface area (Å²) in [4.78, 5) is 2.43. The molecule has 1 aromatic rings. The molecule has 1 aromatic carbocycles. The van der Waals surface area contributed by atoms with Gasteiger partial charge in [0.25, 0.3) is 0 Å². The number of likely N-dealkylation sites (N-methyl/N-ethyl adjacent to an activating group) is 1. The molecule has 1 N–H and O–H groups in total. The van der Waals surface area contributed by atoms with Crippen molar-refractivity contribution in [1.29, 1.82) is 0 Å². The molecule has 19 heavy (non-hydrogen) atoms. The lowest BCUT2D eigenvalue weighted by atomic mass is 10.1. The highest BCUT2D eigenvalue weighted by Gasteiger charge is 2.18. The molecule has 0 bridgehead atoms. The molecule has 0 spiro atoms. The van der Waals surface area contributed by atoms with Gasteiger partial charge in [-0.25, -0.2) is 0 Å². The van der Waals surface area contributed by atoms with Crippen LogP contribution < -0.4 is 10.1 Å². The molecule has 3 nitrogen and oxygen atoms in total. The quantitative estimate of drug-likeness (QED) is 0.900. The zero-order valence-electron chi connectivity index (χ0n) is 12.1. The lowest BCUT2D eigenvalue weighted by molar-refractivity contribution is 0.240. The zero-order chi connectivity index (χ0) is 13.0. The Hall–Kier alpha value is -0.770. The summed E-state index contributed by atoms with van der Waals surface area (Å²) in [5, 5.41) is 3.41. The van der Waals surface area contributed by atoms with Crippen molar-refractivity contribution in [3.8, 4) is 5.75 Å². The molecule has 0 radical (unpaired) electrons. The van der Waals surface area contributed by atoms with Gasteiger partial charge in [0.05, 0.1) is 6.10 Å². The lowest BCUT2D eigenvalue weighted by Crippen LogP contribution is -2.32. The summed E-state index contributed by atoms with van der Waals surface area (Å²) in [6, 6.07) is 9.14.